The van der Waals surface area contributed by atoms with E-state index in [9.17, 15) is 22.0 Å². The largest absolute Gasteiger partial charge is 0.451 e. The van der Waals surface area contributed by atoms with Crippen molar-refractivity contribution in [2.24, 2.45) is 5.41 Å². The van der Waals surface area contributed by atoms with Gasteiger partial charge in [0.25, 0.3) is 6.43 Å². The van der Waals surface area contributed by atoms with Gasteiger partial charge >= 0.3 is 6.18 Å². The van der Waals surface area contributed by atoms with Gasteiger partial charge in [-0.25, -0.2) is 33.4 Å². The Morgan fingerprint density at radius 1 is 1.00 bits per heavy atom. The van der Waals surface area contributed by atoms with Crippen LogP contribution in [-0.2, 0) is 12.7 Å². The molecule has 0 aliphatic carbocycles. The molecule has 2 aliphatic heterocycles. The molecule has 164 valence electrons. The lowest BCUT2D eigenvalue weighted by Gasteiger charge is -2.48. The Hall–Kier alpha value is -3.12. The number of hydrogen-bond donors (Lipinski definition) is 0. The number of aromatic nitrogens is 6. The van der Waals surface area contributed by atoms with Crippen LogP contribution < -0.4 is 9.80 Å². The normalized spacial score (nSPS) is 18.4. The first kappa shape index (κ1) is 19.8. The molecule has 0 aromatic carbocycles. The van der Waals surface area contributed by atoms with Gasteiger partial charge in [-0.3, -0.25) is 0 Å². The minimum absolute atomic E-state index is 0.0940. The highest BCUT2D eigenvalue weighted by atomic mass is 19.4. The van der Waals surface area contributed by atoms with Crippen LogP contribution in [0.3, 0.4) is 0 Å². The van der Waals surface area contributed by atoms with Crippen LogP contribution >= 0.6 is 0 Å². The Labute approximate surface area is 172 Å². The van der Waals surface area contributed by atoms with Crippen molar-refractivity contribution in [1.82, 2.24) is 29.7 Å². The summed E-state index contributed by atoms with van der Waals surface area (Å²) < 4.78 is 65.2. The molecule has 2 fully saturated rings. The molecule has 0 atom stereocenters. The summed E-state index contributed by atoms with van der Waals surface area (Å²) in [5, 5.41) is 3.92. The van der Waals surface area contributed by atoms with Crippen LogP contribution in [0.4, 0.5) is 33.6 Å². The monoisotopic (exact) mass is 440 g/mol. The van der Waals surface area contributed by atoms with Crippen LogP contribution in [0.15, 0.2) is 24.7 Å². The lowest BCUT2D eigenvalue weighted by molar-refractivity contribution is -0.144. The van der Waals surface area contributed by atoms with E-state index in [-0.39, 0.29) is 11.2 Å². The van der Waals surface area contributed by atoms with Crippen molar-refractivity contribution in [3.05, 3.63) is 30.5 Å². The van der Waals surface area contributed by atoms with Crippen LogP contribution in [0, 0.1) is 5.41 Å². The van der Waals surface area contributed by atoms with E-state index in [1.54, 1.807) is 11.1 Å². The molecule has 3 aromatic heterocycles. The van der Waals surface area contributed by atoms with Crippen molar-refractivity contribution in [2.45, 2.75) is 25.6 Å². The van der Waals surface area contributed by atoms with E-state index in [2.05, 4.69) is 25.0 Å². The number of hydrogen-bond acceptors (Lipinski definition) is 7. The first-order chi connectivity index (χ1) is 14.7. The van der Waals surface area contributed by atoms with E-state index < -0.39 is 25.0 Å². The summed E-state index contributed by atoms with van der Waals surface area (Å²) >= 11 is 0. The van der Waals surface area contributed by atoms with Gasteiger partial charge in [-0.1, -0.05) is 0 Å². The molecule has 0 bridgehead atoms. The van der Waals surface area contributed by atoms with Gasteiger partial charge in [0.15, 0.2) is 5.65 Å². The van der Waals surface area contributed by atoms with Crippen LogP contribution in [0.2, 0.25) is 0 Å². The van der Waals surface area contributed by atoms with Crippen molar-refractivity contribution in [3.8, 4) is 0 Å². The highest BCUT2D eigenvalue weighted by molar-refractivity contribution is 5.71. The van der Waals surface area contributed by atoms with E-state index in [0.717, 1.165) is 17.3 Å². The first-order valence-corrected chi connectivity index (χ1v) is 9.59. The van der Waals surface area contributed by atoms with E-state index in [1.165, 1.54) is 12.3 Å². The standard InChI is InChI=1S/C18H17F5N8/c19-12(20)7-31-15-11(5-26-31)25-6-14(27-15)29-4-2-17(8-29)9-30(10-17)13-1-3-24-16(28-13)18(21,22)23/h1,3,5-6,12H,2,4,7-10H2. The average Bonchev–Trinajstić information content (AvgIpc) is 3.31. The van der Waals surface area contributed by atoms with Crippen molar-refractivity contribution >= 4 is 22.8 Å². The number of nitrogens with zero attached hydrogens (tertiary/aromatic N) is 8. The molecular weight excluding hydrogens is 423 g/mol. The van der Waals surface area contributed by atoms with Gasteiger partial charge in [-0.15, -0.1) is 0 Å². The lowest BCUT2D eigenvalue weighted by atomic mass is 9.79. The molecule has 8 nitrogen and oxygen atoms in total. The Kier molecular flexibility index (Phi) is 4.45. The zero-order valence-corrected chi connectivity index (χ0v) is 16.1. The zero-order chi connectivity index (χ0) is 21.8. The Morgan fingerprint density at radius 2 is 1.77 bits per heavy atom. The molecule has 0 N–H and O–H groups in total. The van der Waals surface area contributed by atoms with E-state index in [1.807, 2.05) is 4.90 Å². The van der Waals surface area contributed by atoms with Gasteiger partial charge in [0, 0.05) is 37.8 Å². The molecule has 13 heteroatoms. The summed E-state index contributed by atoms with van der Waals surface area (Å²) in [6.45, 7) is 1.91. The first-order valence-electron chi connectivity index (χ1n) is 9.59. The smallest absolute Gasteiger partial charge is 0.355 e. The summed E-state index contributed by atoms with van der Waals surface area (Å²) in [5.41, 5.74) is 0.649. The molecule has 31 heavy (non-hydrogen) atoms. The summed E-state index contributed by atoms with van der Waals surface area (Å²) in [7, 11) is 0. The predicted molar refractivity (Wildman–Crippen MR) is 99.8 cm³/mol. The summed E-state index contributed by atoms with van der Waals surface area (Å²) in [5.74, 6) is -0.327. The number of rotatable bonds is 4. The third kappa shape index (κ3) is 3.61. The molecule has 5 rings (SSSR count). The Bertz CT molecular complexity index is 1110. The minimum atomic E-state index is -4.59. The van der Waals surface area contributed by atoms with Gasteiger partial charge in [0.05, 0.1) is 12.4 Å². The second-order valence-corrected chi connectivity index (χ2v) is 7.92. The number of fused-ring (bicyclic) bond motifs is 1. The predicted octanol–water partition coefficient (Wildman–Crippen LogP) is 2.62. The van der Waals surface area contributed by atoms with Crippen molar-refractivity contribution in [1.29, 1.82) is 0 Å². The molecule has 0 saturated carbocycles. The fourth-order valence-corrected chi connectivity index (χ4v) is 4.23. The molecule has 0 amide bonds. The van der Waals surface area contributed by atoms with Gasteiger partial charge < -0.3 is 9.80 Å². The Morgan fingerprint density at radius 3 is 2.52 bits per heavy atom. The molecule has 2 aliphatic rings. The number of alkyl halides is 5. The van der Waals surface area contributed by atoms with Crippen LogP contribution in [0.1, 0.15) is 12.2 Å². The van der Waals surface area contributed by atoms with E-state index in [0.29, 0.717) is 43.2 Å². The van der Waals surface area contributed by atoms with Crippen LogP contribution in [0.5, 0.6) is 0 Å². The fraction of sp³-hybridized carbons (Fsp3) is 0.500. The maximum Gasteiger partial charge on any atom is 0.451 e. The number of halogens is 5. The van der Waals surface area contributed by atoms with E-state index in [4.69, 9.17) is 0 Å². The van der Waals surface area contributed by atoms with E-state index >= 15 is 0 Å². The molecule has 3 aromatic rings. The number of anilines is 2. The second kappa shape index (κ2) is 6.95. The molecular formula is C18H17F5N8. The summed E-state index contributed by atoms with van der Waals surface area (Å²) in [6, 6.07) is 1.47. The molecule has 2 saturated heterocycles. The lowest BCUT2D eigenvalue weighted by Crippen LogP contribution is -2.58. The average molecular weight is 440 g/mol. The topological polar surface area (TPSA) is 75.9 Å². The van der Waals surface area contributed by atoms with Crippen molar-refractivity contribution in [2.75, 3.05) is 36.0 Å². The van der Waals surface area contributed by atoms with Crippen LogP contribution in [-0.4, -0.2) is 62.3 Å². The molecule has 0 unspecified atom stereocenters. The third-order valence-corrected chi connectivity index (χ3v) is 5.68. The van der Waals surface area contributed by atoms with Gasteiger partial charge in [-0.05, 0) is 12.5 Å². The highest BCUT2D eigenvalue weighted by Gasteiger charge is 2.49. The second-order valence-electron chi connectivity index (χ2n) is 7.92. The van der Waals surface area contributed by atoms with Crippen LogP contribution in [0.25, 0.3) is 11.2 Å². The van der Waals surface area contributed by atoms with Gasteiger partial charge in [0.1, 0.15) is 23.7 Å². The zero-order valence-electron chi connectivity index (χ0n) is 16.1. The summed E-state index contributed by atoms with van der Waals surface area (Å²) in [4.78, 5) is 19.5. The van der Waals surface area contributed by atoms with Gasteiger partial charge in [0.2, 0.25) is 5.82 Å². The summed E-state index contributed by atoms with van der Waals surface area (Å²) in [6.07, 6.45) is -2.20. The minimum Gasteiger partial charge on any atom is -0.355 e. The Balaban J connectivity index is 1.29. The molecule has 0 radical (unpaired) electrons. The highest BCUT2D eigenvalue weighted by Crippen LogP contribution is 2.42. The van der Waals surface area contributed by atoms with Gasteiger partial charge in [-0.2, -0.15) is 18.3 Å². The fourth-order valence-electron chi connectivity index (χ4n) is 4.23. The van der Waals surface area contributed by atoms with Crippen molar-refractivity contribution < 1.29 is 22.0 Å². The SMILES string of the molecule is FC(F)Cn1ncc2ncc(N3CCC4(CN(c5ccnc(C(F)(F)F)n5)C4)C3)nc21. The van der Waals surface area contributed by atoms with Crippen molar-refractivity contribution in [3.63, 3.8) is 0 Å². The molecule has 1 spiro atoms. The third-order valence-electron chi connectivity index (χ3n) is 5.68. The molecule has 5 heterocycles. The quantitative estimate of drug-likeness (QED) is 0.578. The maximum atomic E-state index is 12.9. The maximum absolute atomic E-state index is 12.9.